The van der Waals surface area contributed by atoms with E-state index in [1.165, 1.54) is 6.08 Å². The van der Waals surface area contributed by atoms with Crippen LogP contribution in [0.5, 0.6) is 0 Å². The number of aliphatic imine (C=N–C) groups is 1. The van der Waals surface area contributed by atoms with E-state index in [9.17, 15) is 9.18 Å². The molecule has 0 rings (SSSR count). The number of rotatable bonds is 4. The molecule has 52 valence electrons. The second-order valence-corrected chi connectivity index (χ2v) is 2.16. The fourth-order valence-electron chi connectivity index (χ4n) is 0.327. The van der Waals surface area contributed by atoms with Crippen molar-refractivity contribution in [1.29, 1.82) is 0 Å². The Kier molecular flexibility index (Phi) is 5.78. The Bertz CT molecular complexity index is 114. The van der Waals surface area contributed by atoms with E-state index < -0.39 is 6.17 Å². The van der Waals surface area contributed by atoms with Crippen molar-refractivity contribution >= 4 is 22.0 Å². The van der Waals surface area contributed by atoms with Crippen LogP contribution in [0.4, 0.5) is 4.39 Å². The maximum atomic E-state index is 12.2. The van der Waals surface area contributed by atoms with Crippen LogP contribution in [0.3, 0.4) is 0 Å². The third-order valence-electron chi connectivity index (χ3n) is 0.786. The molecule has 9 heavy (non-hydrogen) atoms. The summed E-state index contributed by atoms with van der Waals surface area (Å²) in [4.78, 5) is 12.6. The number of hydrogen-bond acceptors (Lipinski definition) is 2. The molecule has 0 N–H and O–H groups in total. The summed E-state index contributed by atoms with van der Waals surface area (Å²) in [6.07, 6.45) is 0.731. The first kappa shape index (κ1) is 8.79. The minimum absolute atomic E-state index is 0.232. The molecule has 0 aromatic rings. The van der Waals surface area contributed by atoms with E-state index in [2.05, 4.69) is 20.9 Å². The lowest BCUT2D eigenvalue weighted by molar-refractivity contribution is 0.353. The highest BCUT2D eigenvalue weighted by Crippen LogP contribution is 2.00. The lowest BCUT2D eigenvalue weighted by atomic mass is 10.3. The summed E-state index contributed by atoms with van der Waals surface area (Å²) in [5, 5.41) is 0.307. The summed E-state index contributed by atoms with van der Waals surface area (Å²) in [6.45, 7) is 0.232. The van der Waals surface area contributed by atoms with Gasteiger partial charge in [-0.25, -0.2) is 14.2 Å². The van der Waals surface area contributed by atoms with Crippen molar-refractivity contribution in [3.63, 3.8) is 0 Å². The maximum Gasteiger partial charge on any atom is 0.234 e. The molecular formula is C5H7BrFNO. The van der Waals surface area contributed by atoms with Gasteiger partial charge in [-0.15, -0.1) is 0 Å². The van der Waals surface area contributed by atoms with Crippen LogP contribution in [0.15, 0.2) is 4.99 Å². The standard InChI is InChI=1S/C5H7BrFNO/c6-3-5(7)1-2-8-4-9/h5H,1-3H2. The number of hydrogen-bond donors (Lipinski definition) is 0. The number of halogens is 2. The van der Waals surface area contributed by atoms with Gasteiger partial charge in [0.2, 0.25) is 6.08 Å². The van der Waals surface area contributed by atoms with Crippen molar-refractivity contribution in [2.24, 2.45) is 4.99 Å². The van der Waals surface area contributed by atoms with Crippen molar-refractivity contribution in [2.75, 3.05) is 11.9 Å². The van der Waals surface area contributed by atoms with E-state index in [4.69, 9.17) is 0 Å². The molecule has 0 saturated carbocycles. The Hall–Kier alpha value is -0.210. The number of nitrogens with zero attached hydrogens (tertiary/aromatic N) is 1. The van der Waals surface area contributed by atoms with Gasteiger partial charge in [0, 0.05) is 5.33 Å². The van der Waals surface area contributed by atoms with Gasteiger partial charge in [-0.05, 0) is 6.42 Å². The van der Waals surface area contributed by atoms with Gasteiger partial charge in [0.1, 0.15) is 6.17 Å². The third kappa shape index (κ3) is 5.66. The third-order valence-corrected chi connectivity index (χ3v) is 1.49. The van der Waals surface area contributed by atoms with Gasteiger partial charge in [-0.2, -0.15) is 0 Å². The highest BCUT2D eigenvalue weighted by atomic mass is 79.9. The molecule has 0 aromatic carbocycles. The van der Waals surface area contributed by atoms with Crippen molar-refractivity contribution in [1.82, 2.24) is 0 Å². The Labute approximate surface area is 61.3 Å². The smallest absolute Gasteiger partial charge is 0.234 e. The topological polar surface area (TPSA) is 29.4 Å². The average molecular weight is 196 g/mol. The average Bonchev–Trinajstić information content (AvgIpc) is 1.89. The van der Waals surface area contributed by atoms with Gasteiger partial charge >= 0.3 is 0 Å². The van der Waals surface area contributed by atoms with E-state index >= 15 is 0 Å². The predicted molar refractivity (Wildman–Crippen MR) is 36.3 cm³/mol. The molecule has 0 fully saturated rings. The van der Waals surface area contributed by atoms with Crippen molar-refractivity contribution in [2.45, 2.75) is 12.6 Å². The molecular weight excluding hydrogens is 189 g/mol. The van der Waals surface area contributed by atoms with Crippen LogP contribution in [-0.2, 0) is 4.79 Å². The molecule has 0 heterocycles. The maximum absolute atomic E-state index is 12.2. The fourth-order valence-corrected chi connectivity index (χ4v) is 0.651. The fraction of sp³-hybridized carbons (Fsp3) is 0.800. The van der Waals surface area contributed by atoms with Crippen LogP contribution in [0.2, 0.25) is 0 Å². The zero-order chi connectivity index (χ0) is 7.11. The summed E-state index contributed by atoms with van der Waals surface area (Å²) in [5.41, 5.74) is 0. The minimum Gasteiger partial charge on any atom is -0.246 e. The minimum atomic E-state index is -0.901. The van der Waals surface area contributed by atoms with E-state index in [0.717, 1.165) is 0 Å². The highest BCUT2D eigenvalue weighted by molar-refractivity contribution is 9.09. The van der Waals surface area contributed by atoms with Gasteiger partial charge in [0.05, 0.1) is 6.54 Å². The first-order valence-electron chi connectivity index (χ1n) is 2.55. The molecule has 0 spiro atoms. The molecule has 0 aliphatic carbocycles. The highest BCUT2D eigenvalue weighted by Gasteiger charge is 2.00. The largest absolute Gasteiger partial charge is 0.246 e. The number of carbonyl (C=O) groups excluding carboxylic acids is 1. The molecule has 0 saturated heterocycles. The molecule has 0 aliphatic rings. The molecule has 1 atom stereocenters. The lowest BCUT2D eigenvalue weighted by Crippen LogP contribution is -2.02. The van der Waals surface area contributed by atoms with Crippen LogP contribution in [0.1, 0.15) is 6.42 Å². The summed E-state index contributed by atoms with van der Waals surface area (Å²) in [7, 11) is 0. The lowest BCUT2D eigenvalue weighted by Gasteiger charge is -1.97. The zero-order valence-corrected chi connectivity index (χ0v) is 6.40. The summed E-state index contributed by atoms with van der Waals surface area (Å²) < 4.78 is 12.2. The summed E-state index contributed by atoms with van der Waals surface area (Å²) >= 11 is 2.95. The van der Waals surface area contributed by atoms with Crippen molar-refractivity contribution < 1.29 is 9.18 Å². The van der Waals surface area contributed by atoms with Crippen LogP contribution in [0, 0.1) is 0 Å². The van der Waals surface area contributed by atoms with E-state index in [1.54, 1.807) is 0 Å². The SMILES string of the molecule is O=C=NCCC(F)CBr. The predicted octanol–water partition coefficient (Wildman–Crippen LogP) is 1.45. The van der Waals surface area contributed by atoms with Crippen LogP contribution < -0.4 is 0 Å². The van der Waals surface area contributed by atoms with Gasteiger partial charge in [-0.1, -0.05) is 15.9 Å². The van der Waals surface area contributed by atoms with Gasteiger partial charge in [0.25, 0.3) is 0 Å². The summed E-state index contributed by atoms with van der Waals surface area (Å²) in [5.74, 6) is 0. The Morgan fingerprint density at radius 1 is 1.78 bits per heavy atom. The first-order valence-corrected chi connectivity index (χ1v) is 3.67. The Morgan fingerprint density at radius 2 is 2.44 bits per heavy atom. The van der Waals surface area contributed by atoms with Crippen LogP contribution in [-0.4, -0.2) is 24.1 Å². The van der Waals surface area contributed by atoms with Crippen LogP contribution in [0.25, 0.3) is 0 Å². The molecule has 2 nitrogen and oxygen atoms in total. The monoisotopic (exact) mass is 195 g/mol. The molecule has 4 heteroatoms. The van der Waals surface area contributed by atoms with Crippen LogP contribution >= 0.6 is 15.9 Å². The molecule has 0 aliphatic heterocycles. The molecule has 0 aromatic heterocycles. The van der Waals surface area contributed by atoms with E-state index in [-0.39, 0.29) is 6.54 Å². The molecule has 1 unspecified atom stereocenters. The van der Waals surface area contributed by atoms with Gasteiger partial charge < -0.3 is 0 Å². The normalized spacial score (nSPS) is 12.2. The number of alkyl halides is 2. The molecule has 0 amide bonds. The van der Waals surface area contributed by atoms with Crippen molar-refractivity contribution in [3.05, 3.63) is 0 Å². The van der Waals surface area contributed by atoms with Gasteiger partial charge in [0.15, 0.2) is 0 Å². The number of isocyanates is 1. The Morgan fingerprint density at radius 3 is 2.89 bits per heavy atom. The van der Waals surface area contributed by atoms with E-state index in [0.29, 0.717) is 11.8 Å². The first-order chi connectivity index (χ1) is 4.31. The Balaban J connectivity index is 3.16. The zero-order valence-electron chi connectivity index (χ0n) is 4.81. The van der Waals surface area contributed by atoms with E-state index in [1.807, 2.05) is 0 Å². The van der Waals surface area contributed by atoms with Crippen molar-refractivity contribution in [3.8, 4) is 0 Å². The molecule has 0 bridgehead atoms. The summed E-state index contributed by atoms with van der Waals surface area (Å²) in [6, 6.07) is 0. The quantitative estimate of drug-likeness (QED) is 0.380. The second kappa shape index (κ2) is 5.92. The van der Waals surface area contributed by atoms with Gasteiger partial charge in [-0.3, -0.25) is 0 Å². The molecule has 0 radical (unpaired) electrons. The second-order valence-electron chi connectivity index (χ2n) is 1.51.